The number of hydrogen-bond donors (Lipinski definition) is 1. The summed E-state index contributed by atoms with van der Waals surface area (Å²) < 4.78 is 25.2. The van der Waals surface area contributed by atoms with Crippen molar-refractivity contribution in [2.75, 3.05) is 12.0 Å². The van der Waals surface area contributed by atoms with Crippen molar-refractivity contribution in [3.8, 4) is 11.3 Å². The van der Waals surface area contributed by atoms with Crippen molar-refractivity contribution < 1.29 is 18.3 Å². The summed E-state index contributed by atoms with van der Waals surface area (Å²) in [6, 6.07) is 0. The highest BCUT2D eigenvalue weighted by Gasteiger charge is 2.22. The number of rotatable bonds is 5. The number of aryl methyl sites for hydroxylation is 2. The molecule has 2 heterocycles. The van der Waals surface area contributed by atoms with E-state index in [1.165, 1.54) is 15.6 Å². The van der Waals surface area contributed by atoms with Crippen LogP contribution in [0.15, 0.2) is 12.4 Å². The third kappa shape index (κ3) is 3.02. The smallest absolute Gasteiger partial charge is 0.358 e. The first kappa shape index (κ1) is 14.2. The van der Waals surface area contributed by atoms with Gasteiger partial charge in [0, 0.05) is 25.1 Å². The van der Waals surface area contributed by atoms with E-state index in [0.29, 0.717) is 5.56 Å². The molecule has 0 bridgehead atoms. The molecule has 10 heteroatoms. The van der Waals surface area contributed by atoms with Crippen LogP contribution in [-0.2, 0) is 23.4 Å². The van der Waals surface area contributed by atoms with Gasteiger partial charge < -0.3 is 5.11 Å². The highest BCUT2D eigenvalue weighted by molar-refractivity contribution is 7.90. The number of aromatic carboxylic acids is 1. The van der Waals surface area contributed by atoms with Crippen molar-refractivity contribution in [1.82, 2.24) is 24.8 Å². The van der Waals surface area contributed by atoms with E-state index >= 15 is 0 Å². The first-order valence-electron chi connectivity index (χ1n) is 5.61. The topological polar surface area (TPSA) is 120 Å². The van der Waals surface area contributed by atoms with Crippen molar-refractivity contribution in [2.45, 2.75) is 6.54 Å². The fourth-order valence-electron chi connectivity index (χ4n) is 1.70. The molecule has 20 heavy (non-hydrogen) atoms. The molecule has 0 aliphatic carbocycles. The second kappa shape index (κ2) is 5.04. The Kier molecular flexibility index (Phi) is 3.57. The lowest BCUT2D eigenvalue weighted by Crippen LogP contribution is -2.13. The molecule has 2 rings (SSSR count). The van der Waals surface area contributed by atoms with Gasteiger partial charge in [0.05, 0.1) is 18.5 Å². The van der Waals surface area contributed by atoms with Crippen LogP contribution in [-0.4, -0.2) is 56.3 Å². The number of carboxylic acid groups (broad SMARTS) is 1. The molecule has 9 nitrogen and oxygen atoms in total. The Bertz CT molecular complexity index is 746. The molecule has 0 aromatic carbocycles. The Labute approximate surface area is 114 Å². The Balaban J connectivity index is 2.45. The van der Waals surface area contributed by atoms with Crippen LogP contribution >= 0.6 is 0 Å². The summed E-state index contributed by atoms with van der Waals surface area (Å²) in [6.45, 7) is 0.0311. The summed E-state index contributed by atoms with van der Waals surface area (Å²) in [5.41, 5.74) is 0.532. The Morgan fingerprint density at radius 2 is 2.15 bits per heavy atom. The van der Waals surface area contributed by atoms with Crippen LogP contribution in [0.1, 0.15) is 10.5 Å². The molecule has 2 aromatic heterocycles. The minimum Gasteiger partial charge on any atom is -0.476 e. The maximum atomic E-state index is 11.2. The minimum atomic E-state index is -3.18. The molecule has 0 aliphatic heterocycles. The van der Waals surface area contributed by atoms with Crippen LogP contribution in [0, 0.1) is 0 Å². The largest absolute Gasteiger partial charge is 0.476 e. The van der Waals surface area contributed by atoms with E-state index in [0.717, 1.165) is 6.26 Å². The normalized spacial score (nSPS) is 11.7. The zero-order valence-corrected chi connectivity index (χ0v) is 11.7. The van der Waals surface area contributed by atoms with Gasteiger partial charge in [0.2, 0.25) is 0 Å². The van der Waals surface area contributed by atoms with Gasteiger partial charge in [-0.3, -0.25) is 4.68 Å². The quantitative estimate of drug-likeness (QED) is 0.784. The van der Waals surface area contributed by atoms with E-state index in [9.17, 15) is 13.2 Å². The zero-order chi connectivity index (χ0) is 14.9. The van der Waals surface area contributed by atoms with Gasteiger partial charge in [0.1, 0.15) is 15.5 Å². The number of hydrogen-bond acceptors (Lipinski definition) is 6. The molecule has 0 unspecified atom stereocenters. The van der Waals surface area contributed by atoms with Crippen molar-refractivity contribution in [3.05, 3.63) is 18.1 Å². The van der Waals surface area contributed by atoms with Crippen molar-refractivity contribution >= 4 is 15.8 Å². The van der Waals surface area contributed by atoms with Crippen LogP contribution in [0.3, 0.4) is 0 Å². The summed E-state index contributed by atoms with van der Waals surface area (Å²) >= 11 is 0. The molecule has 0 atom stereocenters. The number of aromatic nitrogens is 5. The second-order valence-corrected chi connectivity index (χ2v) is 6.61. The molecular formula is C10H13N5O4S. The van der Waals surface area contributed by atoms with Crippen LogP contribution in [0.4, 0.5) is 0 Å². The number of sulfone groups is 1. The second-order valence-electron chi connectivity index (χ2n) is 4.35. The fraction of sp³-hybridized carbons (Fsp3) is 0.400. The van der Waals surface area contributed by atoms with Gasteiger partial charge in [-0.25, -0.2) is 17.9 Å². The summed E-state index contributed by atoms with van der Waals surface area (Å²) in [5.74, 6) is -1.38. The van der Waals surface area contributed by atoms with E-state index in [1.807, 2.05) is 0 Å². The molecule has 0 amide bonds. The van der Waals surface area contributed by atoms with Crippen molar-refractivity contribution in [2.24, 2.45) is 7.05 Å². The first-order valence-corrected chi connectivity index (χ1v) is 7.67. The predicted octanol–water partition coefficient (Wildman–Crippen LogP) is -0.579. The Morgan fingerprint density at radius 3 is 2.65 bits per heavy atom. The average Bonchev–Trinajstić information content (AvgIpc) is 2.90. The third-order valence-electron chi connectivity index (χ3n) is 2.59. The molecule has 0 saturated heterocycles. The first-order chi connectivity index (χ1) is 9.28. The highest BCUT2D eigenvalue weighted by atomic mass is 32.2. The van der Waals surface area contributed by atoms with Crippen molar-refractivity contribution in [3.63, 3.8) is 0 Å². The standard InChI is InChI=1S/C10H13N5O4S/c1-14-6-7(5-11-14)9-8(10(16)17)12-13-15(9)3-4-20(2,18)19/h5-6H,3-4H2,1-2H3,(H,16,17). The zero-order valence-electron chi connectivity index (χ0n) is 10.9. The Morgan fingerprint density at radius 1 is 1.45 bits per heavy atom. The van der Waals surface area contributed by atoms with Gasteiger partial charge >= 0.3 is 5.97 Å². The van der Waals surface area contributed by atoms with E-state index < -0.39 is 15.8 Å². The predicted molar refractivity (Wildman–Crippen MR) is 68.9 cm³/mol. The van der Waals surface area contributed by atoms with Gasteiger partial charge in [0.25, 0.3) is 0 Å². The van der Waals surface area contributed by atoms with Crippen LogP contribution < -0.4 is 0 Å². The molecule has 2 aromatic rings. The van der Waals surface area contributed by atoms with Gasteiger partial charge in [-0.15, -0.1) is 5.10 Å². The minimum absolute atomic E-state index is 0.0311. The monoisotopic (exact) mass is 299 g/mol. The molecule has 0 saturated carbocycles. The maximum Gasteiger partial charge on any atom is 0.358 e. The fourth-order valence-corrected chi connectivity index (χ4v) is 2.20. The highest BCUT2D eigenvalue weighted by Crippen LogP contribution is 2.21. The van der Waals surface area contributed by atoms with Crippen LogP contribution in [0.5, 0.6) is 0 Å². The molecule has 0 aliphatic rings. The van der Waals surface area contributed by atoms with Gasteiger partial charge in [-0.1, -0.05) is 5.21 Å². The van der Waals surface area contributed by atoms with Gasteiger partial charge in [-0.05, 0) is 0 Å². The molecule has 0 fully saturated rings. The number of carbonyl (C=O) groups is 1. The third-order valence-corrected chi connectivity index (χ3v) is 3.51. The number of carboxylic acids is 1. The van der Waals surface area contributed by atoms with Crippen LogP contribution in [0.25, 0.3) is 11.3 Å². The molecular weight excluding hydrogens is 286 g/mol. The maximum absolute atomic E-state index is 11.2. The Hall–Kier alpha value is -2.23. The summed E-state index contributed by atoms with van der Waals surface area (Å²) in [5, 5.41) is 20.4. The van der Waals surface area contributed by atoms with E-state index in [4.69, 9.17) is 5.11 Å². The summed E-state index contributed by atoms with van der Waals surface area (Å²) in [7, 11) is -1.49. The molecule has 0 spiro atoms. The SMILES string of the molecule is Cn1cc(-c2c(C(=O)O)nnn2CCS(C)(=O)=O)cn1. The number of nitrogens with zero attached hydrogens (tertiary/aromatic N) is 5. The van der Waals surface area contributed by atoms with Gasteiger partial charge in [0.15, 0.2) is 5.69 Å². The van der Waals surface area contributed by atoms with E-state index in [2.05, 4.69) is 15.4 Å². The lowest BCUT2D eigenvalue weighted by atomic mass is 10.2. The molecule has 0 radical (unpaired) electrons. The average molecular weight is 299 g/mol. The molecule has 108 valence electrons. The van der Waals surface area contributed by atoms with Crippen LogP contribution in [0.2, 0.25) is 0 Å². The summed E-state index contributed by atoms with van der Waals surface area (Å²) in [6.07, 6.45) is 4.19. The van der Waals surface area contributed by atoms with E-state index in [1.54, 1.807) is 13.2 Å². The summed E-state index contributed by atoms with van der Waals surface area (Å²) in [4.78, 5) is 11.2. The van der Waals surface area contributed by atoms with Crippen molar-refractivity contribution in [1.29, 1.82) is 0 Å². The molecule has 1 N–H and O–H groups in total. The lowest BCUT2D eigenvalue weighted by molar-refractivity contribution is 0.0691. The van der Waals surface area contributed by atoms with E-state index in [-0.39, 0.29) is 23.7 Å². The lowest BCUT2D eigenvalue weighted by Gasteiger charge is -2.04. The van der Waals surface area contributed by atoms with Gasteiger partial charge in [-0.2, -0.15) is 5.10 Å².